The Balaban J connectivity index is 2.68. The highest BCUT2D eigenvalue weighted by atomic mass is 16.1. The first-order chi connectivity index (χ1) is 5.88. The van der Waals surface area contributed by atoms with Gasteiger partial charge < -0.3 is 0 Å². The molecule has 0 amide bonds. The highest BCUT2D eigenvalue weighted by Crippen LogP contribution is 2.25. The summed E-state index contributed by atoms with van der Waals surface area (Å²) in [4.78, 5) is 11.2. The van der Waals surface area contributed by atoms with Gasteiger partial charge in [0, 0.05) is 10.8 Å². The van der Waals surface area contributed by atoms with Crippen molar-refractivity contribution in [2.45, 2.75) is 0 Å². The standard InChI is InChI=1S/C11H6O/c12-11-9-6-5-7-3-1-2-4-8(7)10(9)11/h1-6H. The maximum absolute atomic E-state index is 11.2. The van der Waals surface area contributed by atoms with Crippen LogP contribution in [0.1, 0.15) is 0 Å². The van der Waals surface area contributed by atoms with Crippen LogP contribution in [0.4, 0.5) is 0 Å². The maximum atomic E-state index is 11.2. The molecule has 0 bridgehead atoms. The van der Waals surface area contributed by atoms with Crippen molar-refractivity contribution in [1.29, 1.82) is 0 Å². The summed E-state index contributed by atoms with van der Waals surface area (Å²) in [5.74, 6) is 0. The maximum Gasteiger partial charge on any atom is 0.195 e. The molecule has 3 aromatic carbocycles. The molecule has 0 aliphatic rings. The van der Waals surface area contributed by atoms with Crippen LogP contribution in [-0.2, 0) is 0 Å². The van der Waals surface area contributed by atoms with Gasteiger partial charge in [0.05, 0.1) is 0 Å². The molecule has 0 spiro atoms. The van der Waals surface area contributed by atoms with Crippen LogP contribution < -0.4 is 5.43 Å². The average molecular weight is 154 g/mol. The van der Waals surface area contributed by atoms with Gasteiger partial charge in [0.15, 0.2) is 5.43 Å². The van der Waals surface area contributed by atoms with Crippen LogP contribution in [0.5, 0.6) is 0 Å². The van der Waals surface area contributed by atoms with Crippen molar-refractivity contribution < 1.29 is 0 Å². The molecule has 0 saturated carbocycles. The molecule has 0 heterocycles. The zero-order valence-electron chi connectivity index (χ0n) is 6.37. The third-order valence-corrected chi connectivity index (χ3v) is 2.34. The zero-order chi connectivity index (χ0) is 8.13. The molecule has 0 aliphatic heterocycles. The third kappa shape index (κ3) is 0.565. The Morgan fingerprint density at radius 1 is 0.833 bits per heavy atom. The van der Waals surface area contributed by atoms with Crippen molar-refractivity contribution >= 4 is 21.5 Å². The Morgan fingerprint density at radius 3 is 2.58 bits per heavy atom. The van der Waals surface area contributed by atoms with Gasteiger partial charge in [-0.15, -0.1) is 0 Å². The first-order valence-corrected chi connectivity index (χ1v) is 3.94. The fourth-order valence-corrected chi connectivity index (χ4v) is 1.65. The lowest BCUT2D eigenvalue weighted by Gasteiger charge is -1.91. The minimum atomic E-state index is 0.219. The fourth-order valence-electron chi connectivity index (χ4n) is 1.65. The summed E-state index contributed by atoms with van der Waals surface area (Å²) in [6.07, 6.45) is 0. The molecule has 0 atom stereocenters. The van der Waals surface area contributed by atoms with Gasteiger partial charge in [0.25, 0.3) is 0 Å². The lowest BCUT2D eigenvalue weighted by atomic mass is 10.1. The predicted molar refractivity (Wildman–Crippen MR) is 50.1 cm³/mol. The molecular formula is C11H6O. The normalized spacial score (nSPS) is 11.7. The van der Waals surface area contributed by atoms with Crippen molar-refractivity contribution in [3.05, 3.63) is 46.6 Å². The summed E-state index contributed by atoms with van der Waals surface area (Å²) in [5.41, 5.74) is 0.219. The van der Waals surface area contributed by atoms with E-state index in [1.807, 2.05) is 36.4 Å². The second-order valence-electron chi connectivity index (χ2n) is 3.04. The van der Waals surface area contributed by atoms with Crippen molar-refractivity contribution in [3.63, 3.8) is 0 Å². The molecule has 56 valence electrons. The zero-order valence-corrected chi connectivity index (χ0v) is 6.37. The Bertz CT molecular complexity index is 583. The third-order valence-electron chi connectivity index (χ3n) is 2.34. The molecular weight excluding hydrogens is 148 g/mol. The van der Waals surface area contributed by atoms with Crippen molar-refractivity contribution in [1.82, 2.24) is 0 Å². The summed E-state index contributed by atoms with van der Waals surface area (Å²) >= 11 is 0. The number of hydrogen-bond acceptors (Lipinski definition) is 1. The molecule has 0 fully saturated rings. The van der Waals surface area contributed by atoms with Gasteiger partial charge in [-0.25, -0.2) is 0 Å². The number of hydrogen-bond donors (Lipinski definition) is 0. The van der Waals surface area contributed by atoms with Gasteiger partial charge >= 0.3 is 0 Å². The van der Waals surface area contributed by atoms with Crippen LogP contribution in [0.3, 0.4) is 0 Å². The molecule has 0 radical (unpaired) electrons. The van der Waals surface area contributed by atoms with E-state index < -0.39 is 0 Å². The van der Waals surface area contributed by atoms with Gasteiger partial charge in [0.1, 0.15) is 0 Å². The number of benzene rings is 2. The first kappa shape index (κ1) is 5.95. The Kier molecular flexibility index (Phi) is 0.867. The van der Waals surface area contributed by atoms with Gasteiger partial charge in [-0.1, -0.05) is 30.3 Å². The molecule has 3 rings (SSSR count). The summed E-state index contributed by atoms with van der Waals surface area (Å²) in [5, 5.41) is 4.07. The van der Waals surface area contributed by atoms with Gasteiger partial charge in [-0.05, 0) is 16.8 Å². The predicted octanol–water partition coefficient (Wildman–Crippen LogP) is 2.23. The smallest absolute Gasteiger partial charge is 0.195 e. The second kappa shape index (κ2) is 1.75. The average Bonchev–Trinajstić information content (AvgIpc) is 2.78. The van der Waals surface area contributed by atoms with Crippen LogP contribution in [0, 0.1) is 0 Å². The van der Waals surface area contributed by atoms with E-state index in [4.69, 9.17) is 0 Å². The van der Waals surface area contributed by atoms with Crippen molar-refractivity contribution in [2.24, 2.45) is 0 Å². The molecule has 0 N–H and O–H groups in total. The minimum Gasteiger partial charge on any atom is -0.289 e. The summed E-state index contributed by atoms with van der Waals surface area (Å²) in [6, 6.07) is 11.9. The summed E-state index contributed by atoms with van der Waals surface area (Å²) < 4.78 is 0. The van der Waals surface area contributed by atoms with Crippen LogP contribution in [0.15, 0.2) is 41.2 Å². The lowest BCUT2D eigenvalue weighted by Crippen LogP contribution is -1.69. The highest BCUT2D eigenvalue weighted by molar-refractivity contribution is 6.15. The Morgan fingerprint density at radius 2 is 1.67 bits per heavy atom. The molecule has 1 nitrogen and oxygen atoms in total. The second-order valence-corrected chi connectivity index (χ2v) is 3.04. The Hall–Kier alpha value is -1.63. The van der Waals surface area contributed by atoms with Gasteiger partial charge in [-0.3, -0.25) is 4.79 Å². The molecule has 0 saturated heterocycles. The van der Waals surface area contributed by atoms with Crippen LogP contribution in [0.2, 0.25) is 0 Å². The number of rotatable bonds is 0. The van der Waals surface area contributed by atoms with Crippen LogP contribution in [-0.4, -0.2) is 0 Å². The van der Waals surface area contributed by atoms with E-state index >= 15 is 0 Å². The van der Waals surface area contributed by atoms with E-state index in [0.29, 0.717) is 0 Å². The topological polar surface area (TPSA) is 17.1 Å². The molecule has 0 aliphatic carbocycles. The Labute approximate surface area is 68.9 Å². The molecule has 0 aromatic heterocycles. The summed E-state index contributed by atoms with van der Waals surface area (Å²) in [6.45, 7) is 0. The molecule has 0 unspecified atom stereocenters. The minimum absolute atomic E-state index is 0.219. The van der Waals surface area contributed by atoms with E-state index in [2.05, 4.69) is 0 Å². The van der Waals surface area contributed by atoms with Crippen molar-refractivity contribution in [3.8, 4) is 0 Å². The summed E-state index contributed by atoms with van der Waals surface area (Å²) in [7, 11) is 0. The lowest BCUT2D eigenvalue weighted by molar-refractivity contribution is 1.83. The fraction of sp³-hybridized carbons (Fsp3) is 0. The van der Waals surface area contributed by atoms with E-state index in [0.717, 1.165) is 21.5 Å². The van der Waals surface area contributed by atoms with Crippen molar-refractivity contribution in [2.75, 3.05) is 0 Å². The van der Waals surface area contributed by atoms with Gasteiger partial charge in [0.2, 0.25) is 0 Å². The quantitative estimate of drug-likeness (QED) is 0.485. The van der Waals surface area contributed by atoms with E-state index in [1.165, 1.54) is 0 Å². The number of fused-ring (bicyclic) bond motifs is 3. The first-order valence-electron chi connectivity index (χ1n) is 3.94. The monoisotopic (exact) mass is 154 g/mol. The van der Waals surface area contributed by atoms with Crippen LogP contribution in [0.25, 0.3) is 21.5 Å². The largest absolute Gasteiger partial charge is 0.289 e. The highest BCUT2D eigenvalue weighted by Gasteiger charge is 2.13. The van der Waals surface area contributed by atoms with E-state index in [9.17, 15) is 4.79 Å². The molecule has 12 heavy (non-hydrogen) atoms. The van der Waals surface area contributed by atoms with Gasteiger partial charge in [-0.2, -0.15) is 0 Å². The SMILES string of the molecule is O=c1c2ccc3ccccc3c12. The van der Waals surface area contributed by atoms with E-state index in [-0.39, 0.29) is 5.43 Å². The molecule has 3 aromatic rings. The molecule has 1 heteroatoms. The van der Waals surface area contributed by atoms with Crippen LogP contribution >= 0.6 is 0 Å². The van der Waals surface area contributed by atoms with E-state index in [1.54, 1.807) is 0 Å².